The zero-order valence-electron chi connectivity index (χ0n) is 41.5. The largest absolute Gasteiger partial charge is 0.453 e. The van der Waals surface area contributed by atoms with Crippen LogP contribution in [0.5, 0.6) is 0 Å². The van der Waals surface area contributed by atoms with Crippen LogP contribution < -0.4 is 0 Å². The first-order valence-corrected chi connectivity index (χ1v) is 27.5. The summed E-state index contributed by atoms with van der Waals surface area (Å²) in [6, 6.07) is 0. The molecule has 394 valence electrons. The number of hydrogen-bond donors (Lipinski definition) is 6. The number of carbonyl (C=O) groups excluding carboxylic acids is 2. The number of unbranched alkanes of at least 4 members (excludes halogenated alkanes) is 25. The normalized spacial score (nSPS) is 26.4. The van der Waals surface area contributed by atoms with E-state index in [0.717, 1.165) is 51.4 Å². The van der Waals surface area contributed by atoms with Gasteiger partial charge in [-0.1, -0.05) is 194 Å². The van der Waals surface area contributed by atoms with Gasteiger partial charge in [-0.3, -0.25) is 9.35 Å². The lowest BCUT2D eigenvalue weighted by Crippen LogP contribution is -2.65. The van der Waals surface area contributed by atoms with Gasteiger partial charge in [0, 0.05) is 12.0 Å². The molecule has 2 aliphatic heterocycles. The summed E-state index contributed by atoms with van der Waals surface area (Å²) in [5.74, 6) is -1.54. The lowest BCUT2D eigenvalue weighted by molar-refractivity contribution is -0.375. The average Bonchev–Trinajstić information content (AvgIpc) is 3.29. The molecule has 0 aromatic heterocycles. The third-order valence-electron chi connectivity index (χ3n) is 13.0. The van der Waals surface area contributed by atoms with Crippen LogP contribution in [-0.4, -0.2) is 125 Å². The van der Waals surface area contributed by atoms with Crippen LogP contribution >= 0.6 is 0 Å². The highest BCUT2D eigenvalue weighted by molar-refractivity contribution is 7.80. The Labute approximate surface area is 403 Å². The van der Waals surface area contributed by atoms with E-state index in [2.05, 4.69) is 18.0 Å². The molecular formula is C50H92O16S. The van der Waals surface area contributed by atoms with Crippen molar-refractivity contribution in [3.05, 3.63) is 11.6 Å². The second kappa shape index (κ2) is 36.2. The van der Waals surface area contributed by atoms with Gasteiger partial charge in [0.1, 0.15) is 36.6 Å². The van der Waals surface area contributed by atoms with E-state index < -0.39 is 97.0 Å². The molecule has 2 rings (SSSR count). The van der Waals surface area contributed by atoms with Crippen LogP contribution in [0.4, 0.5) is 0 Å². The van der Waals surface area contributed by atoms with E-state index >= 15 is 0 Å². The maximum Gasteiger partial charge on any atom is 0.397 e. The molecule has 0 bridgehead atoms. The molecule has 0 saturated carbocycles. The van der Waals surface area contributed by atoms with Crippen molar-refractivity contribution in [2.45, 2.75) is 275 Å². The maximum absolute atomic E-state index is 13.7. The summed E-state index contributed by atoms with van der Waals surface area (Å²) < 4.78 is 65.9. The first-order valence-electron chi connectivity index (χ1n) is 26.1. The van der Waals surface area contributed by atoms with Gasteiger partial charge in [0.05, 0.1) is 13.2 Å². The van der Waals surface area contributed by atoms with E-state index in [1.807, 2.05) is 6.92 Å². The molecule has 2 fully saturated rings. The summed E-state index contributed by atoms with van der Waals surface area (Å²) in [5.41, 5.74) is 0.239. The van der Waals surface area contributed by atoms with Gasteiger partial charge in [-0.15, -0.1) is 0 Å². The van der Waals surface area contributed by atoms with Crippen molar-refractivity contribution < 1.29 is 76.0 Å². The van der Waals surface area contributed by atoms with Crippen LogP contribution in [0.2, 0.25) is 0 Å². The summed E-state index contributed by atoms with van der Waals surface area (Å²) in [6.07, 6.45) is 16.3. The van der Waals surface area contributed by atoms with Gasteiger partial charge < -0.3 is 49.2 Å². The molecule has 0 amide bonds. The lowest BCUT2D eigenvalue weighted by Gasteiger charge is -2.46. The van der Waals surface area contributed by atoms with E-state index in [9.17, 15) is 48.1 Å². The summed E-state index contributed by atoms with van der Waals surface area (Å²) in [5, 5.41) is 53.1. The zero-order chi connectivity index (χ0) is 49.5. The monoisotopic (exact) mass is 981 g/mol. The van der Waals surface area contributed by atoms with Gasteiger partial charge in [0.25, 0.3) is 0 Å². The fraction of sp³-hybridized carbons (Fsp3) is 0.920. The molecular weight excluding hydrogens is 889 g/mol. The molecule has 67 heavy (non-hydrogen) atoms. The molecule has 2 saturated heterocycles. The fourth-order valence-electron chi connectivity index (χ4n) is 8.92. The average molecular weight is 981 g/mol. The van der Waals surface area contributed by atoms with Crippen LogP contribution in [0, 0.1) is 5.92 Å². The Morgan fingerprint density at radius 1 is 0.567 bits per heavy atom. The Balaban J connectivity index is 2.07. The topological polar surface area (TPSA) is 245 Å². The van der Waals surface area contributed by atoms with E-state index in [4.69, 9.17) is 23.7 Å². The zero-order valence-corrected chi connectivity index (χ0v) is 42.3. The molecule has 0 radical (unpaired) electrons. The Morgan fingerprint density at radius 2 is 0.970 bits per heavy atom. The number of carbonyl (C=O) groups is 2. The number of aliphatic hydroxyl groups excluding tert-OH is 5. The molecule has 2 heterocycles. The Morgan fingerprint density at radius 3 is 1.40 bits per heavy atom. The molecule has 0 aromatic rings. The Bertz CT molecular complexity index is 1430. The minimum atomic E-state index is -5.25. The molecule has 0 aromatic carbocycles. The van der Waals surface area contributed by atoms with Crippen LogP contribution in [0.25, 0.3) is 0 Å². The number of hydrogen-bond acceptors (Lipinski definition) is 15. The van der Waals surface area contributed by atoms with Gasteiger partial charge >= 0.3 is 22.3 Å². The number of esters is 2. The van der Waals surface area contributed by atoms with Crippen LogP contribution in [0.15, 0.2) is 11.6 Å². The standard InChI is InChI=1S/C50H92O16S/c1-5-7-9-11-13-15-17-19-21-22-24-26-28-30-32-37(3)34-38(4)48(57)64-46-43(55)40(36-52)62-50(65-49-44(56)45(66-67(58,59)60)42(54)39(35-51)61-49)47(46)63-41(53)33-31-29-27-25-23-20-18-16-14-12-10-8-6-2/h34,37,39-40,42-47,49-52,54-56H,5-33,35-36H2,1-4H3,(H,58,59,60)/b38-34+/t37-,39?,40?,42?,43?,44?,45?,46?,47?,49?,50?/m0/s1. The Kier molecular flexibility index (Phi) is 33.1. The number of rotatable bonds is 39. The highest BCUT2D eigenvalue weighted by Crippen LogP contribution is 2.33. The SMILES string of the molecule is CCCCCCCCCCCCCCCC[C@H](C)/C=C(\C)C(=O)OC1C(O)C(CO)OC(OC2OC(CO)C(O)C(OS(=O)(=O)O)C2O)C1OC(=O)CCCCCCCCCCCCCCC. The van der Waals surface area contributed by atoms with Crippen LogP contribution in [0.1, 0.15) is 214 Å². The second-order valence-corrected chi connectivity index (χ2v) is 20.1. The van der Waals surface area contributed by atoms with Crippen molar-refractivity contribution in [3.8, 4) is 0 Å². The molecule has 16 nitrogen and oxygen atoms in total. The van der Waals surface area contributed by atoms with E-state index in [1.165, 1.54) is 122 Å². The van der Waals surface area contributed by atoms with Crippen molar-refractivity contribution in [1.29, 1.82) is 0 Å². The number of ether oxygens (including phenoxy) is 5. The molecule has 6 N–H and O–H groups in total. The number of allylic oxidation sites excluding steroid dienone is 1. The van der Waals surface area contributed by atoms with Gasteiger partial charge in [-0.25, -0.2) is 8.98 Å². The van der Waals surface area contributed by atoms with Crippen molar-refractivity contribution in [3.63, 3.8) is 0 Å². The summed E-state index contributed by atoms with van der Waals surface area (Å²) >= 11 is 0. The van der Waals surface area contributed by atoms with Crippen molar-refractivity contribution in [2.24, 2.45) is 5.92 Å². The number of aliphatic hydroxyl groups is 5. The molecule has 0 aliphatic carbocycles. The fourth-order valence-corrected chi connectivity index (χ4v) is 9.42. The highest BCUT2D eigenvalue weighted by atomic mass is 32.3. The predicted octanol–water partition coefficient (Wildman–Crippen LogP) is 8.47. The van der Waals surface area contributed by atoms with Crippen molar-refractivity contribution >= 4 is 22.3 Å². The minimum absolute atomic E-state index is 0.0253. The van der Waals surface area contributed by atoms with Crippen molar-refractivity contribution in [1.82, 2.24) is 0 Å². The third-order valence-corrected chi connectivity index (χ3v) is 13.5. The van der Waals surface area contributed by atoms with E-state index in [1.54, 1.807) is 13.0 Å². The van der Waals surface area contributed by atoms with Crippen molar-refractivity contribution in [2.75, 3.05) is 13.2 Å². The Hall–Kier alpha value is -1.77. The van der Waals surface area contributed by atoms with Gasteiger partial charge in [-0.05, 0) is 25.7 Å². The quantitative estimate of drug-likeness (QED) is 0.0146. The molecule has 0 spiro atoms. The van der Waals surface area contributed by atoms with E-state index in [0.29, 0.717) is 6.42 Å². The second-order valence-electron chi connectivity index (χ2n) is 19.1. The maximum atomic E-state index is 13.7. The van der Waals surface area contributed by atoms with E-state index in [-0.39, 0.29) is 17.9 Å². The molecule has 11 atom stereocenters. The highest BCUT2D eigenvalue weighted by Gasteiger charge is 2.54. The first-order chi connectivity index (χ1) is 32.2. The van der Waals surface area contributed by atoms with Gasteiger partial charge in [0.2, 0.25) is 6.29 Å². The molecule has 2 aliphatic rings. The third kappa shape index (κ3) is 25.8. The molecule has 10 unspecified atom stereocenters. The summed E-state index contributed by atoms with van der Waals surface area (Å²) in [4.78, 5) is 27.1. The lowest BCUT2D eigenvalue weighted by atomic mass is 9.97. The van der Waals surface area contributed by atoms with Gasteiger partial charge in [0.15, 0.2) is 18.5 Å². The smallest absolute Gasteiger partial charge is 0.397 e. The van der Waals surface area contributed by atoms with Gasteiger partial charge in [-0.2, -0.15) is 8.42 Å². The molecule has 17 heteroatoms. The minimum Gasteiger partial charge on any atom is -0.453 e. The first kappa shape index (κ1) is 61.3. The predicted molar refractivity (Wildman–Crippen MR) is 255 cm³/mol. The summed E-state index contributed by atoms with van der Waals surface area (Å²) in [7, 11) is -5.25. The van der Waals surface area contributed by atoms with Crippen LogP contribution in [-0.2, 0) is 47.9 Å². The van der Waals surface area contributed by atoms with Crippen LogP contribution in [0.3, 0.4) is 0 Å². The summed E-state index contributed by atoms with van der Waals surface area (Å²) in [6.45, 7) is 6.30.